The maximum atomic E-state index is 12.8. The molecule has 3 aromatic rings. The third-order valence-electron chi connectivity index (χ3n) is 3.98. The maximum Gasteiger partial charge on any atom is 0.337 e. The minimum absolute atomic E-state index is 0.0411. The monoisotopic (exact) mass is 385 g/mol. The van der Waals surface area contributed by atoms with Gasteiger partial charge in [0.1, 0.15) is 5.82 Å². The number of nitrogens with one attached hydrogen (secondary N) is 1. The molecule has 1 heterocycles. The molecular weight excluding hydrogens is 366 g/mol. The fraction of sp³-hybridized carbons (Fsp3) is 0.158. The van der Waals surface area contributed by atoms with Gasteiger partial charge in [-0.2, -0.15) is 5.10 Å². The highest BCUT2D eigenvalue weighted by atomic mass is 32.2. The molecule has 0 saturated heterocycles. The van der Waals surface area contributed by atoms with Crippen LogP contribution >= 0.6 is 0 Å². The van der Waals surface area contributed by atoms with Crippen LogP contribution < -0.4 is 4.72 Å². The first-order valence-electron chi connectivity index (χ1n) is 8.15. The second kappa shape index (κ2) is 7.24. The van der Waals surface area contributed by atoms with Crippen LogP contribution in [0.1, 0.15) is 21.6 Å². The van der Waals surface area contributed by atoms with Gasteiger partial charge in [-0.15, -0.1) is 0 Å². The van der Waals surface area contributed by atoms with E-state index < -0.39 is 16.0 Å². The average molecular weight is 385 g/mol. The summed E-state index contributed by atoms with van der Waals surface area (Å²) >= 11 is 0. The van der Waals surface area contributed by atoms with Gasteiger partial charge in [0.2, 0.25) is 0 Å². The van der Waals surface area contributed by atoms with E-state index in [1.807, 2.05) is 31.2 Å². The lowest BCUT2D eigenvalue weighted by atomic mass is 10.2. The lowest BCUT2D eigenvalue weighted by Gasteiger charge is -2.12. The Bertz CT molecular complexity index is 1100. The van der Waals surface area contributed by atoms with Gasteiger partial charge >= 0.3 is 5.97 Å². The number of hydrogen-bond donors (Lipinski definition) is 1. The largest absolute Gasteiger partial charge is 0.465 e. The van der Waals surface area contributed by atoms with Gasteiger partial charge in [0.05, 0.1) is 29.0 Å². The topological polar surface area (TPSA) is 90.3 Å². The first-order valence-corrected chi connectivity index (χ1v) is 9.64. The first-order chi connectivity index (χ1) is 12.8. The van der Waals surface area contributed by atoms with Crippen LogP contribution in [0.3, 0.4) is 0 Å². The van der Waals surface area contributed by atoms with E-state index in [0.717, 1.165) is 11.3 Å². The van der Waals surface area contributed by atoms with Crippen LogP contribution in [0.4, 0.5) is 5.82 Å². The van der Waals surface area contributed by atoms with E-state index in [-0.39, 0.29) is 10.5 Å². The standard InChI is InChI=1S/C19H19N3O4S/c1-13-7-4-5-10-17(13)22-18(11-14(2)20-22)21-27(24,25)16-9-6-8-15(12-16)19(23)26-3/h4-12,21H,1-3H3. The Balaban J connectivity index is 2.01. The molecule has 7 nitrogen and oxygen atoms in total. The summed E-state index contributed by atoms with van der Waals surface area (Å²) in [5.41, 5.74) is 2.54. The van der Waals surface area contributed by atoms with Gasteiger partial charge in [0.15, 0.2) is 0 Å². The minimum Gasteiger partial charge on any atom is -0.465 e. The molecule has 0 saturated carbocycles. The average Bonchev–Trinajstić information content (AvgIpc) is 3.00. The predicted molar refractivity (Wildman–Crippen MR) is 102 cm³/mol. The van der Waals surface area contributed by atoms with Gasteiger partial charge in [-0.3, -0.25) is 4.72 Å². The number of ether oxygens (including phenoxy) is 1. The lowest BCUT2D eigenvalue weighted by Crippen LogP contribution is -2.17. The molecular formula is C19H19N3O4S. The van der Waals surface area contributed by atoms with Crippen molar-refractivity contribution in [1.29, 1.82) is 0 Å². The maximum absolute atomic E-state index is 12.8. The molecule has 0 unspecified atom stereocenters. The van der Waals surface area contributed by atoms with Gasteiger partial charge in [-0.1, -0.05) is 24.3 Å². The zero-order valence-electron chi connectivity index (χ0n) is 15.1. The Hall–Kier alpha value is -3.13. The molecule has 0 radical (unpaired) electrons. The molecule has 2 aromatic carbocycles. The number of anilines is 1. The lowest BCUT2D eigenvalue weighted by molar-refractivity contribution is 0.0600. The van der Waals surface area contributed by atoms with Crippen molar-refractivity contribution in [3.63, 3.8) is 0 Å². The number of sulfonamides is 1. The van der Waals surface area contributed by atoms with Crippen molar-refractivity contribution in [1.82, 2.24) is 9.78 Å². The molecule has 1 N–H and O–H groups in total. The highest BCUT2D eigenvalue weighted by Crippen LogP contribution is 2.23. The minimum atomic E-state index is -3.93. The van der Waals surface area contributed by atoms with E-state index in [1.54, 1.807) is 17.7 Å². The third kappa shape index (κ3) is 3.85. The molecule has 1 aromatic heterocycles. The number of carbonyl (C=O) groups is 1. The van der Waals surface area contributed by atoms with Gasteiger partial charge in [-0.05, 0) is 43.7 Å². The van der Waals surface area contributed by atoms with Crippen LogP contribution in [0.5, 0.6) is 0 Å². The predicted octanol–water partition coefficient (Wildman–Crippen LogP) is 3.08. The third-order valence-corrected chi connectivity index (χ3v) is 5.33. The van der Waals surface area contributed by atoms with Crippen LogP contribution in [-0.2, 0) is 14.8 Å². The van der Waals surface area contributed by atoms with Crippen molar-refractivity contribution in [2.45, 2.75) is 18.7 Å². The number of nitrogens with zero attached hydrogens (tertiary/aromatic N) is 2. The zero-order valence-corrected chi connectivity index (χ0v) is 15.9. The fourth-order valence-electron chi connectivity index (χ4n) is 2.66. The van der Waals surface area contributed by atoms with Crippen LogP contribution in [0.25, 0.3) is 5.69 Å². The van der Waals surface area contributed by atoms with E-state index in [4.69, 9.17) is 0 Å². The fourth-order valence-corrected chi connectivity index (χ4v) is 3.74. The Morgan fingerprint density at radius 1 is 1.07 bits per heavy atom. The molecule has 0 atom stereocenters. The highest BCUT2D eigenvalue weighted by Gasteiger charge is 2.20. The van der Waals surface area contributed by atoms with Crippen molar-refractivity contribution < 1.29 is 17.9 Å². The number of carbonyl (C=O) groups excluding carboxylic acids is 1. The van der Waals surface area contributed by atoms with Crippen molar-refractivity contribution >= 4 is 21.8 Å². The van der Waals surface area contributed by atoms with Crippen LogP contribution in [0.2, 0.25) is 0 Å². The zero-order chi connectivity index (χ0) is 19.6. The molecule has 0 amide bonds. The number of methoxy groups -OCH3 is 1. The quantitative estimate of drug-likeness (QED) is 0.682. The van der Waals surface area contributed by atoms with E-state index in [2.05, 4.69) is 14.6 Å². The summed E-state index contributed by atoms with van der Waals surface area (Å²) in [6.45, 7) is 3.70. The Morgan fingerprint density at radius 2 is 1.81 bits per heavy atom. The summed E-state index contributed by atoms with van der Waals surface area (Å²) in [7, 11) is -2.68. The van der Waals surface area contributed by atoms with Gasteiger partial charge in [0.25, 0.3) is 10.0 Å². The first kappa shape index (κ1) is 18.7. The number of para-hydroxylation sites is 1. The second-order valence-electron chi connectivity index (χ2n) is 5.99. The van der Waals surface area contributed by atoms with Crippen LogP contribution in [0, 0.1) is 13.8 Å². The van der Waals surface area contributed by atoms with Crippen LogP contribution in [-0.4, -0.2) is 31.3 Å². The Morgan fingerprint density at radius 3 is 2.52 bits per heavy atom. The van der Waals surface area contributed by atoms with Crippen molar-refractivity contribution in [3.05, 3.63) is 71.4 Å². The SMILES string of the molecule is COC(=O)c1cccc(S(=O)(=O)Nc2cc(C)nn2-c2ccccc2C)c1. The number of aryl methyl sites for hydroxylation is 2. The molecule has 8 heteroatoms. The highest BCUT2D eigenvalue weighted by molar-refractivity contribution is 7.92. The van der Waals surface area contributed by atoms with Gasteiger partial charge < -0.3 is 4.74 Å². The molecule has 0 aliphatic carbocycles. The van der Waals surface area contributed by atoms with E-state index >= 15 is 0 Å². The molecule has 0 fully saturated rings. The summed E-state index contributed by atoms with van der Waals surface area (Å²) in [5, 5.41) is 4.39. The Labute approximate surface area is 157 Å². The van der Waals surface area contributed by atoms with Gasteiger partial charge in [0, 0.05) is 6.07 Å². The molecule has 0 bridgehead atoms. The molecule has 0 aliphatic rings. The summed E-state index contributed by atoms with van der Waals surface area (Å²) in [4.78, 5) is 11.6. The van der Waals surface area contributed by atoms with E-state index in [1.165, 1.54) is 31.4 Å². The van der Waals surface area contributed by atoms with Crippen molar-refractivity contribution in [3.8, 4) is 5.69 Å². The van der Waals surface area contributed by atoms with E-state index in [9.17, 15) is 13.2 Å². The molecule has 27 heavy (non-hydrogen) atoms. The summed E-state index contributed by atoms with van der Waals surface area (Å²) in [5.74, 6) is -0.293. The van der Waals surface area contributed by atoms with Crippen molar-refractivity contribution in [2.75, 3.05) is 11.8 Å². The Kier molecular flexibility index (Phi) is 5.00. The number of aromatic nitrogens is 2. The number of benzene rings is 2. The summed E-state index contributed by atoms with van der Waals surface area (Å²) < 4.78 is 34.4. The molecule has 3 rings (SSSR count). The van der Waals surface area contributed by atoms with Gasteiger partial charge in [-0.25, -0.2) is 17.9 Å². The second-order valence-corrected chi connectivity index (χ2v) is 7.68. The molecule has 0 aliphatic heterocycles. The van der Waals surface area contributed by atoms with Crippen molar-refractivity contribution in [2.24, 2.45) is 0 Å². The molecule has 140 valence electrons. The smallest absolute Gasteiger partial charge is 0.337 e. The number of rotatable bonds is 5. The normalized spacial score (nSPS) is 11.2. The van der Waals surface area contributed by atoms with E-state index in [0.29, 0.717) is 11.5 Å². The summed E-state index contributed by atoms with van der Waals surface area (Å²) in [6.07, 6.45) is 0. The summed E-state index contributed by atoms with van der Waals surface area (Å²) in [6, 6.07) is 14.9. The number of hydrogen-bond acceptors (Lipinski definition) is 5. The number of esters is 1. The van der Waals surface area contributed by atoms with Crippen LogP contribution in [0.15, 0.2) is 59.5 Å². The molecule has 0 spiro atoms.